The molecule has 23 heavy (non-hydrogen) atoms. The molecule has 0 fully saturated rings. The molecule has 0 saturated carbocycles. The standard InChI is InChI=1S/C14H22ClN3O3S.ClH/c1-18(2)5-4-17-14(19)10-8-11(15)12(16)9-13(10)21-6-7-22(3)20;/h8-9H,4-7,16H2,1-3H3,(H,17,19);1H. The number of rotatable bonds is 8. The minimum absolute atomic E-state index is 0. The van der Waals surface area contributed by atoms with Gasteiger partial charge in [-0.3, -0.25) is 9.00 Å². The maximum Gasteiger partial charge on any atom is 0.255 e. The number of anilines is 1. The lowest BCUT2D eigenvalue weighted by atomic mass is 10.1. The van der Waals surface area contributed by atoms with Crippen LogP contribution in [0.4, 0.5) is 5.69 Å². The molecule has 6 nitrogen and oxygen atoms in total. The number of nitrogens with zero attached hydrogens (tertiary/aromatic N) is 1. The van der Waals surface area contributed by atoms with Gasteiger partial charge in [0.1, 0.15) is 5.75 Å². The number of hydrogen-bond donors (Lipinski definition) is 2. The molecule has 0 aliphatic rings. The van der Waals surface area contributed by atoms with Crippen molar-refractivity contribution in [3.63, 3.8) is 0 Å². The van der Waals surface area contributed by atoms with Crippen molar-refractivity contribution in [2.24, 2.45) is 0 Å². The van der Waals surface area contributed by atoms with Crippen LogP contribution in [0.25, 0.3) is 0 Å². The minimum Gasteiger partial charge on any atom is -0.492 e. The van der Waals surface area contributed by atoms with E-state index in [4.69, 9.17) is 22.1 Å². The highest BCUT2D eigenvalue weighted by Gasteiger charge is 2.15. The Labute approximate surface area is 150 Å². The fraction of sp³-hybridized carbons (Fsp3) is 0.500. The molecule has 0 aliphatic heterocycles. The monoisotopic (exact) mass is 383 g/mol. The molecule has 0 saturated heterocycles. The van der Waals surface area contributed by atoms with E-state index in [1.807, 2.05) is 19.0 Å². The van der Waals surface area contributed by atoms with Gasteiger partial charge in [0, 0.05) is 36.2 Å². The molecule has 1 amide bonds. The summed E-state index contributed by atoms with van der Waals surface area (Å²) < 4.78 is 16.6. The van der Waals surface area contributed by atoms with Crippen LogP contribution in [0.5, 0.6) is 5.75 Å². The molecule has 0 spiro atoms. The molecule has 0 aliphatic carbocycles. The van der Waals surface area contributed by atoms with Gasteiger partial charge in [-0.05, 0) is 20.2 Å². The number of amides is 1. The zero-order valence-electron chi connectivity index (χ0n) is 13.4. The second-order valence-corrected chi connectivity index (χ2v) is 7.02. The fourth-order valence-corrected chi connectivity index (χ4v) is 2.10. The third-order valence-electron chi connectivity index (χ3n) is 2.82. The molecule has 3 N–H and O–H groups in total. The predicted octanol–water partition coefficient (Wildman–Crippen LogP) is 1.39. The second-order valence-electron chi connectivity index (χ2n) is 5.05. The average molecular weight is 384 g/mol. The number of ether oxygens (including phenoxy) is 1. The molecular weight excluding hydrogens is 361 g/mol. The Morgan fingerprint density at radius 3 is 2.65 bits per heavy atom. The van der Waals surface area contributed by atoms with Crippen LogP contribution in [-0.4, -0.2) is 60.8 Å². The molecule has 1 atom stereocenters. The molecule has 9 heteroatoms. The first-order chi connectivity index (χ1) is 10.3. The second kappa shape index (κ2) is 10.7. The summed E-state index contributed by atoms with van der Waals surface area (Å²) in [6.45, 7) is 1.47. The van der Waals surface area contributed by atoms with Crippen LogP contribution in [0.3, 0.4) is 0 Å². The van der Waals surface area contributed by atoms with Crippen molar-refractivity contribution in [3.8, 4) is 5.75 Å². The van der Waals surface area contributed by atoms with Crippen LogP contribution >= 0.6 is 24.0 Å². The predicted molar refractivity (Wildman–Crippen MR) is 98.4 cm³/mol. The molecule has 0 bridgehead atoms. The Bertz CT molecular complexity index is 556. The van der Waals surface area contributed by atoms with E-state index in [-0.39, 0.29) is 24.9 Å². The Morgan fingerprint density at radius 2 is 2.09 bits per heavy atom. The minimum atomic E-state index is -0.965. The molecule has 1 aromatic carbocycles. The number of halogens is 2. The van der Waals surface area contributed by atoms with Crippen molar-refractivity contribution in [2.45, 2.75) is 0 Å². The van der Waals surface area contributed by atoms with Gasteiger partial charge in [0.05, 0.1) is 28.6 Å². The van der Waals surface area contributed by atoms with E-state index in [0.717, 1.165) is 6.54 Å². The van der Waals surface area contributed by atoms with Crippen molar-refractivity contribution in [2.75, 3.05) is 51.5 Å². The third-order valence-corrected chi connectivity index (χ3v) is 3.89. The van der Waals surface area contributed by atoms with E-state index in [9.17, 15) is 9.00 Å². The summed E-state index contributed by atoms with van der Waals surface area (Å²) >= 11 is 5.98. The smallest absolute Gasteiger partial charge is 0.255 e. The largest absolute Gasteiger partial charge is 0.492 e. The summed E-state index contributed by atoms with van der Waals surface area (Å²) in [7, 11) is 2.88. The van der Waals surface area contributed by atoms with Crippen molar-refractivity contribution < 1.29 is 13.7 Å². The number of carbonyl (C=O) groups excluding carboxylic acids is 1. The van der Waals surface area contributed by atoms with Crippen LogP contribution in [0.1, 0.15) is 10.4 Å². The topological polar surface area (TPSA) is 84.7 Å². The number of nitrogens with one attached hydrogen (secondary N) is 1. The summed E-state index contributed by atoms with van der Waals surface area (Å²) in [5.74, 6) is 0.440. The number of hydrogen-bond acceptors (Lipinski definition) is 5. The van der Waals surface area contributed by atoms with E-state index in [2.05, 4.69) is 5.32 Å². The van der Waals surface area contributed by atoms with Gasteiger partial charge in [-0.1, -0.05) is 11.6 Å². The lowest BCUT2D eigenvalue weighted by molar-refractivity contribution is 0.0947. The summed E-state index contributed by atoms with van der Waals surface area (Å²) in [5, 5.41) is 3.09. The number of carbonyl (C=O) groups is 1. The highest BCUT2D eigenvalue weighted by molar-refractivity contribution is 7.84. The lowest BCUT2D eigenvalue weighted by Gasteiger charge is -2.14. The van der Waals surface area contributed by atoms with E-state index < -0.39 is 10.8 Å². The molecule has 1 rings (SSSR count). The summed E-state index contributed by atoms with van der Waals surface area (Å²) in [5.41, 5.74) is 6.40. The molecular formula is C14H23Cl2N3O3S. The van der Waals surface area contributed by atoms with Gasteiger partial charge in [-0.2, -0.15) is 0 Å². The first kappa shape index (κ1) is 22.0. The highest BCUT2D eigenvalue weighted by atomic mass is 35.5. The first-order valence-electron chi connectivity index (χ1n) is 6.76. The van der Waals surface area contributed by atoms with E-state index in [1.54, 1.807) is 6.26 Å². The van der Waals surface area contributed by atoms with Crippen LogP contribution in [0, 0.1) is 0 Å². The van der Waals surface area contributed by atoms with Crippen molar-refractivity contribution in [3.05, 3.63) is 22.7 Å². The van der Waals surface area contributed by atoms with Crippen molar-refractivity contribution in [1.29, 1.82) is 0 Å². The number of nitrogens with two attached hydrogens (primary N) is 1. The maximum atomic E-state index is 12.2. The maximum absolute atomic E-state index is 12.2. The number of benzene rings is 1. The lowest BCUT2D eigenvalue weighted by Crippen LogP contribution is -2.31. The zero-order chi connectivity index (χ0) is 16.7. The van der Waals surface area contributed by atoms with Gasteiger partial charge in [-0.25, -0.2) is 0 Å². The Kier molecular flexibility index (Phi) is 10.2. The Morgan fingerprint density at radius 1 is 1.43 bits per heavy atom. The molecule has 132 valence electrons. The van der Waals surface area contributed by atoms with Crippen LogP contribution in [-0.2, 0) is 10.8 Å². The summed E-state index contributed by atoms with van der Waals surface area (Å²) in [6, 6.07) is 3.00. The molecule has 1 aromatic rings. The SMILES string of the molecule is CN(C)CCNC(=O)c1cc(Cl)c(N)cc1OCCS(C)=O.Cl. The summed E-state index contributed by atoms with van der Waals surface area (Å²) in [4.78, 5) is 14.2. The average Bonchev–Trinajstić information content (AvgIpc) is 2.41. The van der Waals surface area contributed by atoms with Crippen LogP contribution < -0.4 is 15.8 Å². The van der Waals surface area contributed by atoms with Gasteiger partial charge in [0.2, 0.25) is 0 Å². The molecule has 1 unspecified atom stereocenters. The van der Waals surface area contributed by atoms with Gasteiger partial charge in [0.15, 0.2) is 0 Å². The van der Waals surface area contributed by atoms with Gasteiger partial charge in [-0.15, -0.1) is 12.4 Å². The van der Waals surface area contributed by atoms with E-state index in [1.165, 1.54) is 12.1 Å². The normalized spacial score (nSPS) is 11.7. The van der Waals surface area contributed by atoms with Crippen LogP contribution in [0.15, 0.2) is 12.1 Å². The Hall–Kier alpha value is -1.02. The highest BCUT2D eigenvalue weighted by Crippen LogP contribution is 2.29. The molecule has 0 radical (unpaired) electrons. The van der Waals surface area contributed by atoms with Gasteiger partial charge < -0.3 is 20.7 Å². The van der Waals surface area contributed by atoms with E-state index >= 15 is 0 Å². The Balaban J connectivity index is 0.00000484. The zero-order valence-corrected chi connectivity index (χ0v) is 15.8. The third kappa shape index (κ3) is 7.87. The quantitative estimate of drug-likeness (QED) is 0.662. The summed E-state index contributed by atoms with van der Waals surface area (Å²) in [6.07, 6.45) is 1.59. The first-order valence-corrected chi connectivity index (χ1v) is 8.86. The number of nitrogen functional groups attached to an aromatic ring is 1. The van der Waals surface area contributed by atoms with Gasteiger partial charge in [0.25, 0.3) is 5.91 Å². The molecule has 0 heterocycles. The molecule has 0 aromatic heterocycles. The van der Waals surface area contributed by atoms with Crippen LogP contribution in [0.2, 0.25) is 5.02 Å². The van der Waals surface area contributed by atoms with Gasteiger partial charge >= 0.3 is 0 Å². The fourth-order valence-electron chi connectivity index (χ4n) is 1.62. The van der Waals surface area contributed by atoms with Crippen molar-refractivity contribution in [1.82, 2.24) is 10.2 Å². The van der Waals surface area contributed by atoms with Crippen molar-refractivity contribution >= 4 is 46.4 Å². The van der Waals surface area contributed by atoms with E-state index in [0.29, 0.717) is 34.3 Å². The number of likely N-dealkylation sites (N-methyl/N-ethyl adjacent to an activating group) is 1.